The standard InChI is InChI=1S/C14H15F3N2O5/c1-2-3-4-10(13(21)22)18-12(20)9-6-5-8(14(15,16)17)7-11(9)19(23)24/h5-7,10H,2-4H2,1H3,(H,18,20)(H,21,22). The summed E-state index contributed by atoms with van der Waals surface area (Å²) < 4.78 is 37.9. The van der Waals surface area contributed by atoms with Gasteiger partial charge in [0.15, 0.2) is 0 Å². The molecule has 1 atom stereocenters. The summed E-state index contributed by atoms with van der Waals surface area (Å²) in [7, 11) is 0. The minimum atomic E-state index is -4.80. The van der Waals surface area contributed by atoms with Crippen LogP contribution in [0.1, 0.15) is 42.1 Å². The molecular weight excluding hydrogens is 333 g/mol. The smallest absolute Gasteiger partial charge is 0.416 e. The molecule has 1 rings (SSSR count). The Balaban J connectivity index is 3.13. The number of carbonyl (C=O) groups excluding carboxylic acids is 1. The van der Waals surface area contributed by atoms with E-state index in [1.54, 1.807) is 6.92 Å². The number of amides is 1. The molecule has 7 nitrogen and oxygen atoms in total. The fourth-order valence-electron chi connectivity index (χ4n) is 1.95. The van der Waals surface area contributed by atoms with Crippen molar-refractivity contribution < 1.29 is 32.8 Å². The van der Waals surface area contributed by atoms with Crippen molar-refractivity contribution in [3.8, 4) is 0 Å². The highest BCUT2D eigenvalue weighted by atomic mass is 19.4. The van der Waals surface area contributed by atoms with Gasteiger partial charge in [-0.25, -0.2) is 4.79 Å². The highest BCUT2D eigenvalue weighted by Gasteiger charge is 2.34. The average Bonchev–Trinajstić information content (AvgIpc) is 2.49. The summed E-state index contributed by atoms with van der Waals surface area (Å²) in [5.74, 6) is -2.44. The number of nitro benzene ring substituents is 1. The van der Waals surface area contributed by atoms with E-state index < -0.39 is 45.8 Å². The van der Waals surface area contributed by atoms with Crippen LogP contribution in [-0.4, -0.2) is 27.9 Å². The second kappa shape index (κ2) is 7.75. The first-order valence-corrected chi connectivity index (χ1v) is 6.97. The maximum Gasteiger partial charge on any atom is 0.416 e. The molecule has 0 aliphatic carbocycles. The summed E-state index contributed by atoms with van der Waals surface area (Å²) in [6.07, 6.45) is -3.54. The summed E-state index contributed by atoms with van der Waals surface area (Å²) in [5.41, 5.74) is -2.94. The highest BCUT2D eigenvalue weighted by Crippen LogP contribution is 2.33. The van der Waals surface area contributed by atoms with Crippen molar-refractivity contribution >= 4 is 17.6 Å². The van der Waals surface area contributed by atoms with Gasteiger partial charge in [-0.05, 0) is 18.6 Å². The number of nitrogens with zero attached hydrogens (tertiary/aromatic N) is 1. The molecule has 1 aromatic rings. The molecule has 1 unspecified atom stereocenters. The SMILES string of the molecule is CCCCC(NC(=O)c1ccc(C(F)(F)F)cc1[N+](=O)[O-])C(=O)O. The molecule has 0 heterocycles. The van der Waals surface area contributed by atoms with Gasteiger partial charge in [0.2, 0.25) is 0 Å². The Bertz CT molecular complexity index is 646. The lowest BCUT2D eigenvalue weighted by Gasteiger charge is -2.14. The first-order valence-electron chi connectivity index (χ1n) is 6.97. The number of unbranched alkanes of at least 4 members (excludes halogenated alkanes) is 1. The van der Waals surface area contributed by atoms with E-state index in [1.165, 1.54) is 0 Å². The van der Waals surface area contributed by atoms with Crippen molar-refractivity contribution in [2.24, 2.45) is 0 Å². The monoisotopic (exact) mass is 348 g/mol. The Labute approximate surface area is 134 Å². The highest BCUT2D eigenvalue weighted by molar-refractivity contribution is 6.00. The number of rotatable bonds is 7. The van der Waals surface area contributed by atoms with Crippen LogP contribution in [0.4, 0.5) is 18.9 Å². The largest absolute Gasteiger partial charge is 0.480 e. The molecule has 1 aromatic carbocycles. The Morgan fingerprint density at radius 1 is 1.38 bits per heavy atom. The zero-order chi connectivity index (χ0) is 18.5. The minimum absolute atomic E-state index is 0.103. The number of alkyl halides is 3. The lowest BCUT2D eigenvalue weighted by atomic mass is 10.1. The van der Waals surface area contributed by atoms with E-state index in [0.29, 0.717) is 25.0 Å². The lowest BCUT2D eigenvalue weighted by Crippen LogP contribution is -2.41. The van der Waals surface area contributed by atoms with Gasteiger partial charge in [0.05, 0.1) is 10.5 Å². The molecule has 0 saturated carbocycles. The van der Waals surface area contributed by atoms with Gasteiger partial charge in [-0.2, -0.15) is 13.2 Å². The molecule has 1 amide bonds. The molecule has 0 bridgehead atoms. The van der Waals surface area contributed by atoms with Gasteiger partial charge in [-0.3, -0.25) is 14.9 Å². The number of benzene rings is 1. The van der Waals surface area contributed by atoms with Gasteiger partial charge in [0.1, 0.15) is 11.6 Å². The molecule has 10 heteroatoms. The maximum absolute atomic E-state index is 12.6. The third-order valence-electron chi connectivity index (χ3n) is 3.22. The van der Waals surface area contributed by atoms with Crippen LogP contribution in [0.3, 0.4) is 0 Å². The van der Waals surface area contributed by atoms with Crippen LogP contribution >= 0.6 is 0 Å². The molecule has 0 aliphatic rings. The number of carbonyl (C=O) groups is 2. The van der Waals surface area contributed by atoms with Crippen molar-refractivity contribution in [2.45, 2.75) is 38.4 Å². The van der Waals surface area contributed by atoms with Crippen LogP contribution < -0.4 is 5.32 Å². The zero-order valence-electron chi connectivity index (χ0n) is 12.6. The van der Waals surface area contributed by atoms with E-state index in [4.69, 9.17) is 5.11 Å². The summed E-state index contributed by atoms with van der Waals surface area (Å²) in [5, 5.41) is 22.1. The predicted octanol–water partition coefficient (Wildman–Crippen LogP) is 2.99. The topological polar surface area (TPSA) is 110 Å². The van der Waals surface area contributed by atoms with Crippen LogP contribution in [0.2, 0.25) is 0 Å². The van der Waals surface area contributed by atoms with Crippen LogP contribution in [0.5, 0.6) is 0 Å². The summed E-state index contributed by atoms with van der Waals surface area (Å²) in [4.78, 5) is 32.9. The van der Waals surface area contributed by atoms with Gasteiger partial charge in [0, 0.05) is 6.07 Å². The van der Waals surface area contributed by atoms with Crippen molar-refractivity contribution in [1.82, 2.24) is 5.32 Å². The van der Waals surface area contributed by atoms with Gasteiger partial charge in [0.25, 0.3) is 11.6 Å². The fourth-order valence-corrected chi connectivity index (χ4v) is 1.95. The number of hydrogen-bond acceptors (Lipinski definition) is 4. The van der Waals surface area contributed by atoms with Crippen molar-refractivity contribution in [3.05, 3.63) is 39.4 Å². The molecule has 0 radical (unpaired) electrons. The minimum Gasteiger partial charge on any atom is -0.480 e. The van der Waals surface area contributed by atoms with Gasteiger partial charge >= 0.3 is 12.1 Å². The third kappa shape index (κ3) is 4.93. The molecule has 132 valence electrons. The molecule has 0 spiro atoms. The van der Waals surface area contributed by atoms with Crippen molar-refractivity contribution in [1.29, 1.82) is 0 Å². The Morgan fingerprint density at radius 2 is 2.00 bits per heavy atom. The molecule has 0 fully saturated rings. The molecular formula is C14H15F3N2O5. The first-order chi connectivity index (χ1) is 11.1. The van der Waals surface area contributed by atoms with Crippen LogP contribution in [-0.2, 0) is 11.0 Å². The molecule has 24 heavy (non-hydrogen) atoms. The number of nitro groups is 1. The Morgan fingerprint density at radius 3 is 2.46 bits per heavy atom. The Hall–Kier alpha value is -2.65. The van der Waals surface area contributed by atoms with E-state index >= 15 is 0 Å². The lowest BCUT2D eigenvalue weighted by molar-refractivity contribution is -0.385. The predicted molar refractivity (Wildman–Crippen MR) is 76.5 cm³/mol. The second-order valence-electron chi connectivity index (χ2n) is 4.99. The first kappa shape index (κ1) is 19.4. The van der Waals surface area contributed by atoms with Crippen LogP contribution in [0.25, 0.3) is 0 Å². The molecule has 2 N–H and O–H groups in total. The molecule has 0 aromatic heterocycles. The molecule has 0 saturated heterocycles. The fraction of sp³-hybridized carbons (Fsp3) is 0.429. The van der Waals surface area contributed by atoms with E-state index in [9.17, 15) is 32.9 Å². The number of nitrogens with one attached hydrogen (secondary N) is 1. The number of carboxylic acid groups (broad SMARTS) is 1. The van der Waals surface area contributed by atoms with Crippen molar-refractivity contribution in [3.63, 3.8) is 0 Å². The Kier molecular flexibility index (Phi) is 6.27. The van der Waals surface area contributed by atoms with E-state index in [1.807, 2.05) is 0 Å². The van der Waals surface area contributed by atoms with E-state index in [2.05, 4.69) is 5.32 Å². The van der Waals surface area contributed by atoms with Crippen LogP contribution in [0.15, 0.2) is 18.2 Å². The normalized spacial score (nSPS) is 12.5. The molecule has 0 aliphatic heterocycles. The third-order valence-corrected chi connectivity index (χ3v) is 3.22. The summed E-state index contributed by atoms with van der Waals surface area (Å²) >= 11 is 0. The number of halogens is 3. The van der Waals surface area contributed by atoms with Crippen LogP contribution in [0, 0.1) is 10.1 Å². The number of aliphatic carboxylic acids is 1. The zero-order valence-corrected chi connectivity index (χ0v) is 12.6. The van der Waals surface area contributed by atoms with Gasteiger partial charge in [-0.15, -0.1) is 0 Å². The number of carboxylic acids is 1. The van der Waals surface area contributed by atoms with Gasteiger partial charge in [-0.1, -0.05) is 19.8 Å². The summed E-state index contributed by atoms with van der Waals surface area (Å²) in [6.45, 7) is 1.81. The van der Waals surface area contributed by atoms with Crippen molar-refractivity contribution in [2.75, 3.05) is 0 Å². The second-order valence-corrected chi connectivity index (χ2v) is 4.99. The van der Waals surface area contributed by atoms with Gasteiger partial charge < -0.3 is 10.4 Å². The average molecular weight is 348 g/mol. The maximum atomic E-state index is 12.6. The van der Waals surface area contributed by atoms with E-state index in [0.717, 1.165) is 0 Å². The quantitative estimate of drug-likeness (QED) is 0.581. The number of hydrogen-bond donors (Lipinski definition) is 2. The van der Waals surface area contributed by atoms with E-state index in [-0.39, 0.29) is 12.5 Å². The summed E-state index contributed by atoms with van der Waals surface area (Å²) in [6, 6.07) is 0.162.